The van der Waals surface area contributed by atoms with Gasteiger partial charge in [0, 0.05) is 22.3 Å². The van der Waals surface area contributed by atoms with Crippen molar-refractivity contribution in [1.29, 1.82) is 0 Å². The van der Waals surface area contributed by atoms with E-state index in [4.69, 9.17) is 10.7 Å². The highest BCUT2D eigenvalue weighted by atomic mass is 35.7. The second-order valence-corrected chi connectivity index (χ2v) is 7.96. The summed E-state index contributed by atoms with van der Waals surface area (Å²) in [4.78, 5) is 4.58. The average molecular weight is 310 g/mol. The lowest BCUT2D eigenvalue weighted by Crippen LogP contribution is -2.05. The zero-order valence-electron chi connectivity index (χ0n) is 11.0. The molecule has 0 amide bonds. The first kappa shape index (κ1) is 13.8. The van der Waals surface area contributed by atoms with Gasteiger partial charge in [-0.1, -0.05) is 19.3 Å². The van der Waals surface area contributed by atoms with Gasteiger partial charge in [-0.3, -0.25) is 4.98 Å². The lowest BCUT2D eigenvalue weighted by Gasteiger charge is -2.21. The molecule has 0 radical (unpaired) electrons. The van der Waals surface area contributed by atoms with Crippen LogP contribution in [0.25, 0.3) is 10.9 Å². The minimum absolute atomic E-state index is 0.134. The predicted molar refractivity (Wildman–Crippen MR) is 80.6 cm³/mol. The molecule has 3 rings (SSSR count). The van der Waals surface area contributed by atoms with Crippen molar-refractivity contribution in [3.8, 4) is 0 Å². The summed E-state index contributed by atoms with van der Waals surface area (Å²) in [5.74, 6) is 0.553. The van der Waals surface area contributed by atoms with E-state index < -0.39 is 9.05 Å². The second-order valence-electron chi connectivity index (χ2n) is 5.40. The first-order valence-corrected chi connectivity index (χ1v) is 9.19. The first-order valence-electron chi connectivity index (χ1n) is 6.88. The fourth-order valence-electron chi connectivity index (χ4n) is 2.94. The average Bonchev–Trinajstić information content (AvgIpc) is 2.46. The quantitative estimate of drug-likeness (QED) is 0.781. The molecule has 1 fully saturated rings. The van der Waals surface area contributed by atoms with Gasteiger partial charge in [-0.25, -0.2) is 8.42 Å². The van der Waals surface area contributed by atoms with Gasteiger partial charge in [-0.05, 0) is 48.6 Å². The molecular formula is C15H16ClNO2S. The van der Waals surface area contributed by atoms with Gasteiger partial charge in [0.25, 0.3) is 9.05 Å². The van der Waals surface area contributed by atoms with Crippen LogP contribution in [0.15, 0.2) is 35.4 Å². The van der Waals surface area contributed by atoms with Crippen LogP contribution in [0.4, 0.5) is 0 Å². The Morgan fingerprint density at radius 3 is 2.55 bits per heavy atom. The number of rotatable bonds is 2. The van der Waals surface area contributed by atoms with Crippen LogP contribution in [0.3, 0.4) is 0 Å². The summed E-state index contributed by atoms with van der Waals surface area (Å²) in [7, 11) is 1.71. The second kappa shape index (κ2) is 5.34. The molecule has 0 N–H and O–H groups in total. The van der Waals surface area contributed by atoms with Gasteiger partial charge in [-0.2, -0.15) is 0 Å². The van der Waals surface area contributed by atoms with Crippen LogP contribution in [0.1, 0.15) is 43.6 Å². The van der Waals surface area contributed by atoms with Crippen LogP contribution in [-0.4, -0.2) is 13.4 Å². The molecule has 0 atom stereocenters. The topological polar surface area (TPSA) is 47.0 Å². The Bertz CT molecular complexity index is 737. The third-order valence-corrected chi connectivity index (χ3v) is 5.38. The molecule has 106 valence electrons. The SMILES string of the molecule is O=S(=O)(Cl)c1ccc2ncc(C3CCCCC3)cc2c1. The molecule has 0 saturated heterocycles. The molecule has 1 aromatic heterocycles. The third kappa shape index (κ3) is 2.81. The Morgan fingerprint density at radius 2 is 1.85 bits per heavy atom. The summed E-state index contributed by atoms with van der Waals surface area (Å²) in [6.45, 7) is 0. The smallest absolute Gasteiger partial charge is 0.256 e. The Morgan fingerprint density at radius 1 is 1.10 bits per heavy atom. The zero-order valence-corrected chi connectivity index (χ0v) is 12.6. The highest BCUT2D eigenvalue weighted by Gasteiger charge is 2.17. The molecule has 0 unspecified atom stereocenters. The highest BCUT2D eigenvalue weighted by molar-refractivity contribution is 8.13. The van der Waals surface area contributed by atoms with Crippen LogP contribution < -0.4 is 0 Å². The largest absolute Gasteiger partial charge is 0.261 e. The number of aromatic nitrogens is 1. The van der Waals surface area contributed by atoms with Gasteiger partial charge in [0.15, 0.2) is 0 Å². The summed E-state index contributed by atoms with van der Waals surface area (Å²) in [5, 5.41) is 0.842. The van der Waals surface area contributed by atoms with E-state index in [9.17, 15) is 8.42 Å². The van der Waals surface area contributed by atoms with Crippen molar-refractivity contribution in [2.24, 2.45) is 0 Å². The number of hydrogen-bond acceptors (Lipinski definition) is 3. The number of pyridine rings is 1. The zero-order chi connectivity index (χ0) is 14.2. The predicted octanol–water partition coefficient (Wildman–Crippen LogP) is 4.21. The number of hydrogen-bond donors (Lipinski definition) is 0. The van der Waals surface area contributed by atoms with Crippen molar-refractivity contribution in [3.63, 3.8) is 0 Å². The van der Waals surface area contributed by atoms with Crippen molar-refractivity contribution in [2.45, 2.75) is 42.9 Å². The fraction of sp³-hybridized carbons (Fsp3) is 0.400. The fourth-order valence-corrected chi connectivity index (χ4v) is 3.72. The number of halogens is 1. The lowest BCUT2D eigenvalue weighted by atomic mass is 9.84. The minimum Gasteiger partial charge on any atom is -0.256 e. The number of benzene rings is 1. The van der Waals surface area contributed by atoms with E-state index in [0.717, 1.165) is 10.9 Å². The van der Waals surface area contributed by atoms with E-state index in [1.807, 2.05) is 6.20 Å². The number of fused-ring (bicyclic) bond motifs is 1. The summed E-state index contributed by atoms with van der Waals surface area (Å²) < 4.78 is 22.8. The van der Waals surface area contributed by atoms with Gasteiger partial charge in [0.05, 0.1) is 10.4 Å². The third-order valence-electron chi connectivity index (χ3n) is 4.03. The molecular weight excluding hydrogens is 294 g/mol. The summed E-state index contributed by atoms with van der Waals surface area (Å²) >= 11 is 0. The van der Waals surface area contributed by atoms with E-state index in [2.05, 4.69) is 11.1 Å². The Hall–Kier alpha value is -1.13. The van der Waals surface area contributed by atoms with E-state index >= 15 is 0 Å². The highest BCUT2D eigenvalue weighted by Crippen LogP contribution is 2.33. The van der Waals surface area contributed by atoms with Crippen LogP contribution in [0.2, 0.25) is 0 Å². The molecule has 1 heterocycles. The molecule has 1 saturated carbocycles. The lowest BCUT2D eigenvalue weighted by molar-refractivity contribution is 0.443. The molecule has 20 heavy (non-hydrogen) atoms. The van der Waals surface area contributed by atoms with Crippen molar-refractivity contribution < 1.29 is 8.42 Å². The van der Waals surface area contributed by atoms with Crippen molar-refractivity contribution in [3.05, 3.63) is 36.0 Å². The molecule has 2 aromatic rings. The maximum absolute atomic E-state index is 11.4. The number of nitrogens with zero attached hydrogens (tertiary/aromatic N) is 1. The maximum Gasteiger partial charge on any atom is 0.261 e. The van der Waals surface area contributed by atoms with Crippen LogP contribution in [0, 0.1) is 0 Å². The monoisotopic (exact) mass is 309 g/mol. The standard InChI is InChI=1S/C15H16ClNO2S/c16-20(18,19)14-6-7-15-12(9-14)8-13(10-17-15)11-4-2-1-3-5-11/h6-11H,1-5H2. The van der Waals surface area contributed by atoms with Crippen molar-refractivity contribution in [2.75, 3.05) is 0 Å². The van der Waals surface area contributed by atoms with E-state index in [1.54, 1.807) is 12.1 Å². The molecule has 1 aliphatic carbocycles. The molecule has 1 aromatic carbocycles. The van der Waals surface area contributed by atoms with Crippen molar-refractivity contribution >= 4 is 30.6 Å². The van der Waals surface area contributed by atoms with Crippen molar-refractivity contribution in [1.82, 2.24) is 4.98 Å². The van der Waals surface area contributed by atoms with Gasteiger partial charge in [-0.15, -0.1) is 0 Å². The van der Waals surface area contributed by atoms with Crippen LogP contribution >= 0.6 is 10.7 Å². The molecule has 0 bridgehead atoms. The Kier molecular flexibility index (Phi) is 3.69. The van der Waals surface area contributed by atoms with Gasteiger partial charge in [0.1, 0.15) is 0 Å². The van der Waals surface area contributed by atoms with Crippen LogP contribution in [-0.2, 0) is 9.05 Å². The molecule has 1 aliphatic rings. The van der Waals surface area contributed by atoms with Gasteiger partial charge >= 0.3 is 0 Å². The van der Waals surface area contributed by atoms with Crippen LogP contribution in [0.5, 0.6) is 0 Å². The van der Waals surface area contributed by atoms with Gasteiger partial charge in [0.2, 0.25) is 0 Å². The molecule has 0 aliphatic heterocycles. The normalized spacial score (nSPS) is 17.4. The van der Waals surface area contributed by atoms with E-state index in [1.165, 1.54) is 43.7 Å². The molecule has 5 heteroatoms. The Balaban J connectivity index is 2.04. The van der Waals surface area contributed by atoms with E-state index in [-0.39, 0.29) is 4.90 Å². The molecule has 3 nitrogen and oxygen atoms in total. The summed E-state index contributed by atoms with van der Waals surface area (Å²) in [6.07, 6.45) is 8.15. The maximum atomic E-state index is 11.4. The minimum atomic E-state index is -3.69. The first-order chi connectivity index (χ1) is 9.54. The van der Waals surface area contributed by atoms with E-state index in [0.29, 0.717) is 5.92 Å². The summed E-state index contributed by atoms with van der Waals surface area (Å²) in [6, 6.07) is 6.87. The Labute approximate surface area is 123 Å². The molecule has 0 spiro atoms. The van der Waals surface area contributed by atoms with Gasteiger partial charge < -0.3 is 0 Å². The summed E-state index contributed by atoms with van der Waals surface area (Å²) in [5.41, 5.74) is 2.01.